The highest BCUT2D eigenvalue weighted by molar-refractivity contribution is 7.09. The topological polar surface area (TPSA) is 63.3 Å². The molecular weight excluding hydrogens is 280 g/mol. The van der Waals surface area contributed by atoms with E-state index in [1.54, 1.807) is 11.3 Å². The monoisotopic (exact) mass is 300 g/mol. The molecule has 110 valence electrons. The number of nitrogens with two attached hydrogens (primary N) is 1. The highest BCUT2D eigenvalue weighted by Crippen LogP contribution is 2.18. The summed E-state index contributed by atoms with van der Waals surface area (Å²) in [5.41, 5.74) is 8.17. The molecule has 1 saturated carbocycles. The van der Waals surface area contributed by atoms with Gasteiger partial charge in [-0.15, -0.1) is 11.3 Å². The third kappa shape index (κ3) is 4.56. The van der Waals surface area contributed by atoms with Crippen LogP contribution in [0.2, 0.25) is 0 Å². The molecule has 0 saturated heterocycles. The van der Waals surface area contributed by atoms with Gasteiger partial charge >= 0.3 is 0 Å². The van der Waals surface area contributed by atoms with E-state index in [0.717, 1.165) is 23.5 Å². The first kappa shape index (κ1) is 14.1. The van der Waals surface area contributed by atoms with Crippen molar-refractivity contribution in [3.63, 3.8) is 0 Å². The zero-order chi connectivity index (χ0) is 14.5. The van der Waals surface area contributed by atoms with Crippen LogP contribution in [0.15, 0.2) is 40.7 Å². The SMILES string of the molecule is NC(=NCc1csc(CCc2ccccc2)n1)NC1CC1. The number of rotatable bonds is 6. The summed E-state index contributed by atoms with van der Waals surface area (Å²) < 4.78 is 0. The van der Waals surface area contributed by atoms with Gasteiger partial charge in [-0.25, -0.2) is 9.98 Å². The first-order chi connectivity index (χ1) is 10.3. The molecule has 0 unspecified atom stereocenters. The summed E-state index contributed by atoms with van der Waals surface area (Å²) >= 11 is 1.71. The van der Waals surface area contributed by atoms with Crippen molar-refractivity contribution in [1.29, 1.82) is 0 Å². The minimum atomic E-state index is 0.538. The maximum Gasteiger partial charge on any atom is 0.189 e. The van der Waals surface area contributed by atoms with Crippen molar-refractivity contribution in [3.05, 3.63) is 52.0 Å². The van der Waals surface area contributed by atoms with Crippen molar-refractivity contribution in [2.45, 2.75) is 38.3 Å². The average molecular weight is 300 g/mol. The Bertz CT molecular complexity index is 602. The molecule has 1 aromatic heterocycles. The van der Waals surface area contributed by atoms with Crippen molar-refractivity contribution >= 4 is 17.3 Å². The van der Waals surface area contributed by atoms with Crippen molar-refractivity contribution in [1.82, 2.24) is 10.3 Å². The number of hydrogen-bond donors (Lipinski definition) is 2. The summed E-state index contributed by atoms with van der Waals surface area (Å²) in [5.74, 6) is 0.538. The fourth-order valence-electron chi connectivity index (χ4n) is 2.08. The predicted octanol–water partition coefficient (Wildman–Crippen LogP) is 2.50. The van der Waals surface area contributed by atoms with Gasteiger partial charge in [0.2, 0.25) is 0 Å². The summed E-state index contributed by atoms with van der Waals surface area (Å²) in [4.78, 5) is 8.95. The highest BCUT2D eigenvalue weighted by Gasteiger charge is 2.21. The average Bonchev–Trinajstić information content (AvgIpc) is 3.20. The normalized spacial score (nSPS) is 15.1. The van der Waals surface area contributed by atoms with Crippen molar-refractivity contribution in [2.24, 2.45) is 10.7 Å². The Labute approximate surface area is 129 Å². The Balaban J connectivity index is 1.49. The first-order valence-electron chi connectivity index (χ1n) is 7.33. The van der Waals surface area contributed by atoms with Crippen LogP contribution in [0.3, 0.4) is 0 Å². The number of nitrogens with one attached hydrogen (secondary N) is 1. The van der Waals surface area contributed by atoms with Crippen LogP contribution in [0.5, 0.6) is 0 Å². The number of aromatic nitrogens is 1. The lowest BCUT2D eigenvalue weighted by Gasteiger charge is -2.01. The van der Waals surface area contributed by atoms with Crippen molar-refractivity contribution in [2.75, 3.05) is 0 Å². The van der Waals surface area contributed by atoms with Crippen LogP contribution < -0.4 is 11.1 Å². The molecule has 0 bridgehead atoms. The Kier molecular flexibility index (Phi) is 4.50. The van der Waals surface area contributed by atoms with E-state index in [9.17, 15) is 0 Å². The molecule has 0 aliphatic heterocycles. The van der Waals surface area contributed by atoms with Gasteiger partial charge in [-0.2, -0.15) is 0 Å². The molecule has 5 heteroatoms. The minimum Gasteiger partial charge on any atom is -0.370 e. The second-order valence-corrected chi connectivity index (χ2v) is 6.28. The Morgan fingerprint density at radius 3 is 2.86 bits per heavy atom. The summed E-state index contributed by atoms with van der Waals surface area (Å²) in [6.07, 6.45) is 4.42. The predicted molar refractivity (Wildman–Crippen MR) is 87.4 cm³/mol. The van der Waals surface area contributed by atoms with Crippen LogP contribution >= 0.6 is 11.3 Å². The standard InChI is InChI=1S/C16H20N4S/c17-16(20-13-7-8-13)18-10-14-11-21-15(19-14)9-6-12-4-2-1-3-5-12/h1-5,11,13H,6-10H2,(H3,17,18,20). The summed E-state index contributed by atoms with van der Waals surface area (Å²) in [5, 5.41) is 6.42. The fourth-order valence-corrected chi connectivity index (χ4v) is 2.87. The van der Waals surface area contributed by atoms with Crippen molar-refractivity contribution < 1.29 is 0 Å². The second kappa shape index (κ2) is 6.72. The summed E-state index contributed by atoms with van der Waals surface area (Å²) in [6, 6.07) is 11.1. The quantitative estimate of drug-likeness (QED) is 0.636. The molecule has 0 spiro atoms. The molecule has 4 nitrogen and oxygen atoms in total. The van der Waals surface area contributed by atoms with Gasteiger partial charge in [0.25, 0.3) is 0 Å². The molecule has 1 aliphatic carbocycles. The van der Waals surface area contributed by atoms with Gasteiger partial charge in [-0.1, -0.05) is 30.3 Å². The van der Waals surface area contributed by atoms with E-state index in [-0.39, 0.29) is 0 Å². The molecule has 21 heavy (non-hydrogen) atoms. The van der Waals surface area contributed by atoms with E-state index < -0.39 is 0 Å². The molecule has 0 atom stereocenters. The third-order valence-corrected chi connectivity index (χ3v) is 4.37. The molecule has 3 N–H and O–H groups in total. The first-order valence-corrected chi connectivity index (χ1v) is 8.21. The van der Waals surface area contributed by atoms with Crippen LogP contribution in [-0.4, -0.2) is 17.0 Å². The molecule has 0 radical (unpaired) electrons. The second-order valence-electron chi connectivity index (χ2n) is 5.34. The zero-order valence-electron chi connectivity index (χ0n) is 12.0. The molecule has 1 aromatic carbocycles. The van der Waals surface area contributed by atoms with Crippen LogP contribution in [0, 0.1) is 0 Å². The zero-order valence-corrected chi connectivity index (χ0v) is 12.8. The molecule has 0 amide bonds. The minimum absolute atomic E-state index is 0.538. The molecule has 2 aromatic rings. The summed E-state index contributed by atoms with van der Waals surface area (Å²) in [7, 11) is 0. The van der Waals surface area contributed by atoms with Gasteiger partial charge in [0.05, 0.1) is 17.2 Å². The third-order valence-electron chi connectivity index (χ3n) is 3.41. The molecular formula is C16H20N4S. The van der Waals surface area contributed by atoms with E-state index in [4.69, 9.17) is 5.73 Å². The lowest BCUT2D eigenvalue weighted by molar-refractivity contribution is 0.867. The number of benzene rings is 1. The maximum absolute atomic E-state index is 5.82. The number of nitrogens with zero attached hydrogens (tertiary/aromatic N) is 2. The molecule has 1 fully saturated rings. The van der Waals surface area contributed by atoms with E-state index in [2.05, 4.69) is 44.9 Å². The van der Waals surface area contributed by atoms with Gasteiger partial charge < -0.3 is 11.1 Å². The van der Waals surface area contributed by atoms with Crippen LogP contribution in [0.4, 0.5) is 0 Å². The van der Waals surface area contributed by atoms with E-state index >= 15 is 0 Å². The molecule has 1 aliphatic rings. The lowest BCUT2D eigenvalue weighted by Crippen LogP contribution is -2.33. The van der Waals surface area contributed by atoms with Gasteiger partial charge in [0.1, 0.15) is 0 Å². The number of thiazole rings is 1. The lowest BCUT2D eigenvalue weighted by atomic mass is 10.1. The molecule has 3 rings (SSSR count). The van der Waals surface area contributed by atoms with E-state index in [1.807, 2.05) is 6.07 Å². The Morgan fingerprint density at radius 2 is 2.10 bits per heavy atom. The van der Waals surface area contributed by atoms with Gasteiger partial charge in [-0.05, 0) is 24.8 Å². The Morgan fingerprint density at radius 1 is 1.29 bits per heavy atom. The van der Waals surface area contributed by atoms with E-state index in [1.165, 1.54) is 18.4 Å². The maximum atomic E-state index is 5.82. The van der Waals surface area contributed by atoms with Crippen LogP contribution in [0.25, 0.3) is 0 Å². The number of aliphatic imine (C=N–C) groups is 1. The van der Waals surface area contributed by atoms with Gasteiger partial charge in [0, 0.05) is 17.8 Å². The van der Waals surface area contributed by atoms with Crippen LogP contribution in [-0.2, 0) is 19.4 Å². The highest BCUT2D eigenvalue weighted by atomic mass is 32.1. The van der Waals surface area contributed by atoms with Crippen LogP contribution in [0.1, 0.15) is 29.1 Å². The molecule has 1 heterocycles. The fraction of sp³-hybridized carbons (Fsp3) is 0.375. The van der Waals surface area contributed by atoms with E-state index in [0.29, 0.717) is 18.5 Å². The number of aryl methyl sites for hydroxylation is 2. The Hall–Kier alpha value is -1.88. The van der Waals surface area contributed by atoms with Gasteiger partial charge in [-0.3, -0.25) is 0 Å². The summed E-state index contributed by atoms with van der Waals surface area (Å²) in [6.45, 7) is 0.563. The van der Waals surface area contributed by atoms with Gasteiger partial charge in [0.15, 0.2) is 5.96 Å². The smallest absolute Gasteiger partial charge is 0.189 e. The number of guanidine groups is 1. The largest absolute Gasteiger partial charge is 0.370 e. The van der Waals surface area contributed by atoms with Crippen molar-refractivity contribution in [3.8, 4) is 0 Å². The number of hydrogen-bond acceptors (Lipinski definition) is 3.